The molecule has 0 bridgehead atoms. The molecule has 2 nitrogen and oxygen atoms in total. The Hall–Kier alpha value is -6.38. The molecule has 0 aliphatic heterocycles. The molecule has 0 amide bonds. The first-order valence-electron chi connectivity index (χ1n) is 19.4. The minimum atomic E-state index is 0.585. The Bertz CT molecular complexity index is 2750. The van der Waals surface area contributed by atoms with Crippen molar-refractivity contribution in [1.82, 2.24) is 0 Å². The van der Waals surface area contributed by atoms with Crippen molar-refractivity contribution < 1.29 is 4.42 Å². The van der Waals surface area contributed by atoms with Gasteiger partial charge in [0.25, 0.3) is 0 Å². The van der Waals surface area contributed by atoms with Gasteiger partial charge in [0.15, 0.2) is 0 Å². The molecule has 260 valence electrons. The molecule has 9 aromatic rings. The van der Waals surface area contributed by atoms with Crippen molar-refractivity contribution in [3.05, 3.63) is 188 Å². The maximum Gasteiger partial charge on any atom is 0.137 e. The summed E-state index contributed by atoms with van der Waals surface area (Å²) in [5.41, 5.74) is 13.8. The number of furan rings is 1. The van der Waals surface area contributed by atoms with Crippen molar-refractivity contribution >= 4 is 49.8 Å². The molecule has 0 unspecified atom stereocenters. The van der Waals surface area contributed by atoms with E-state index in [9.17, 15) is 0 Å². The van der Waals surface area contributed by atoms with E-state index in [1.807, 2.05) is 6.07 Å². The van der Waals surface area contributed by atoms with Gasteiger partial charge in [0.05, 0.1) is 11.4 Å². The maximum absolute atomic E-state index is 6.51. The largest absolute Gasteiger partial charge is 0.456 e. The second kappa shape index (κ2) is 13.9. The first-order valence-corrected chi connectivity index (χ1v) is 19.4. The van der Waals surface area contributed by atoms with E-state index in [1.165, 1.54) is 76.3 Å². The predicted octanol–water partition coefficient (Wildman–Crippen LogP) is 15.3. The van der Waals surface area contributed by atoms with Crippen molar-refractivity contribution in [1.29, 1.82) is 0 Å². The van der Waals surface area contributed by atoms with Crippen LogP contribution in [0.5, 0.6) is 0 Å². The van der Waals surface area contributed by atoms with Crippen LogP contribution in [-0.2, 0) is 0 Å². The highest BCUT2D eigenvalue weighted by Crippen LogP contribution is 2.48. The number of anilines is 3. The zero-order valence-corrected chi connectivity index (χ0v) is 30.3. The van der Waals surface area contributed by atoms with Gasteiger partial charge in [0.1, 0.15) is 11.2 Å². The first kappa shape index (κ1) is 32.3. The van der Waals surface area contributed by atoms with Crippen LogP contribution in [0.15, 0.2) is 186 Å². The van der Waals surface area contributed by atoms with E-state index in [4.69, 9.17) is 4.42 Å². The maximum atomic E-state index is 6.51. The molecule has 1 aliphatic carbocycles. The number of hydrogen-bond acceptors (Lipinski definition) is 2. The van der Waals surface area contributed by atoms with E-state index in [0.717, 1.165) is 44.6 Å². The van der Waals surface area contributed by atoms with Crippen LogP contribution in [0, 0.1) is 0 Å². The first-order chi connectivity index (χ1) is 26.8. The van der Waals surface area contributed by atoms with E-state index < -0.39 is 0 Å². The summed E-state index contributed by atoms with van der Waals surface area (Å²) in [6, 6.07) is 66.2. The summed E-state index contributed by atoms with van der Waals surface area (Å²) in [6.45, 7) is 0. The molecule has 0 spiro atoms. The highest BCUT2D eigenvalue weighted by Gasteiger charge is 2.24. The number of para-hydroxylation sites is 3. The molecule has 54 heavy (non-hydrogen) atoms. The third-order valence-corrected chi connectivity index (χ3v) is 11.5. The average molecular weight is 696 g/mol. The zero-order chi connectivity index (χ0) is 35.8. The van der Waals surface area contributed by atoms with E-state index in [-0.39, 0.29) is 0 Å². The Morgan fingerprint density at radius 2 is 1.04 bits per heavy atom. The van der Waals surface area contributed by atoms with Gasteiger partial charge < -0.3 is 9.32 Å². The van der Waals surface area contributed by atoms with Gasteiger partial charge in [-0.15, -0.1) is 0 Å². The Labute approximate surface area is 316 Å². The average Bonchev–Trinajstić information content (AvgIpc) is 3.62. The Morgan fingerprint density at radius 1 is 0.426 bits per heavy atom. The monoisotopic (exact) mass is 695 g/mol. The van der Waals surface area contributed by atoms with Gasteiger partial charge in [-0.05, 0) is 87.7 Å². The second-order valence-electron chi connectivity index (χ2n) is 14.7. The summed E-state index contributed by atoms with van der Waals surface area (Å²) in [5.74, 6) is 0.585. The fourth-order valence-corrected chi connectivity index (χ4v) is 8.89. The number of rotatable bonds is 7. The van der Waals surface area contributed by atoms with Gasteiger partial charge in [-0.2, -0.15) is 0 Å². The van der Waals surface area contributed by atoms with Gasteiger partial charge in [-0.3, -0.25) is 0 Å². The second-order valence-corrected chi connectivity index (χ2v) is 14.7. The quantitative estimate of drug-likeness (QED) is 0.165. The smallest absolute Gasteiger partial charge is 0.137 e. The highest BCUT2D eigenvalue weighted by molar-refractivity contribution is 6.08. The van der Waals surface area contributed by atoms with Crippen LogP contribution >= 0.6 is 0 Å². The fraction of sp³-hybridized carbons (Fsp3) is 0.115. The molecule has 10 rings (SSSR count). The van der Waals surface area contributed by atoms with E-state index in [0.29, 0.717) is 5.92 Å². The van der Waals surface area contributed by atoms with E-state index in [1.54, 1.807) is 0 Å². The molecule has 0 N–H and O–H groups in total. The van der Waals surface area contributed by atoms with Crippen LogP contribution in [0.25, 0.3) is 66.1 Å². The minimum Gasteiger partial charge on any atom is -0.456 e. The third-order valence-electron chi connectivity index (χ3n) is 11.5. The van der Waals surface area contributed by atoms with Crippen LogP contribution in [0.2, 0.25) is 0 Å². The van der Waals surface area contributed by atoms with Gasteiger partial charge >= 0.3 is 0 Å². The number of nitrogens with zero attached hydrogens (tertiary/aromatic N) is 1. The summed E-state index contributed by atoms with van der Waals surface area (Å²) in [5, 5.41) is 4.95. The van der Waals surface area contributed by atoms with Crippen molar-refractivity contribution in [2.45, 2.75) is 38.0 Å². The number of hydrogen-bond donors (Lipinski definition) is 0. The highest BCUT2D eigenvalue weighted by atomic mass is 16.3. The molecule has 0 atom stereocenters. The molecular weight excluding hydrogens is 655 g/mol. The minimum absolute atomic E-state index is 0.585. The molecule has 1 aliphatic rings. The standard InChI is InChI=1S/C52H41NO/c1-3-15-36(16-4-1)37-29-31-39(32-30-37)42-21-7-10-26-48(42)53(41-33-34-46-45-23-9-12-28-50(45)54-51(46)35-41)49-27-11-8-22-44(49)47-25-14-20-40-19-13-24-43(52(40)47)38-17-5-2-6-18-38/h1,3-4,7-16,19-35,38H,2,5-6,17-18H2. The van der Waals surface area contributed by atoms with Gasteiger partial charge in [0.2, 0.25) is 0 Å². The number of fused-ring (bicyclic) bond motifs is 4. The summed E-state index contributed by atoms with van der Waals surface area (Å²) >= 11 is 0. The topological polar surface area (TPSA) is 16.4 Å². The molecular formula is C52H41NO. The summed E-state index contributed by atoms with van der Waals surface area (Å²) in [7, 11) is 0. The Balaban J connectivity index is 1.19. The Morgan fingerprint density at radius 3 is 1.85 bits per heavy atom. The van der Waals surface area contributed by atoms with Crippen LogP contribution < -0.4 is 4.90 Å². The van der Waals surface area contributed by atoms with Crippen molar-refractivity contribution in [3.8, 4) is 33.4 Å². The van der Waals surface area contributed by atoms with Gasteiger partial charge in [0, 0.05) is 33.7 Å². The van der Waals surface area contributed by atoms with Crippen molar-refractivity contribution in [2.75, 3.05) is 4.90 Å². The van der Waals surface area contributed by atoms with Gasteiger partial charge in [-0.1, -0.05) is 165 Å². The summed E-state index contributed by atoms with van der Waals surface area (Å²) in [4.78, 5) is 2.45. The summed E-state index contributed by atoms with van der Waals surface area (Å²) < 4.78 is 6.51. The molecule has 0 radical (unpaired) electrons. The van der Waals surface area contributed by atoms with Crippen LogP contribution in [0.1, 0.15) is 43.6 Å². The number of benzene rings is 8. The Kier molecular flexibility index (Phi) is 8.30. The lowest BCUT2D eigenvalue weighted by atomic mass is 9.80. The zero-order valence-electron chi connectivity index (χ0n) is 30.3. The molecule has 1 fully saturated rings. The SMILES string of the molecule is c1ccc(-c2ccc(-c3ccccc3N(c3ccc4c(c3)oc3ccccc34)c3ccccc3-c3cccc4cccc(C5CCCCC5)c34)cc2)cc1. The van der Waals surface area contributed by atoms with Gasteiger partial charge in [-0.25, -0.2) is 0 Å². The predicted molar refractivity (Wildman–Crippen MR) is 228 cm³/mol. The normalized spacial score (nSPS) is 13.5. The van der Waals surface area contributed by atoms with Crippen molar-refractivity contribution in [2.24, 2.45) is 0 Å². The lowest BCUT2D eigenvalue weighted by Crippen LogP contribution is -2.12. The lowest BCUT2D eigenvalue weighted by Gasteiger charge is -2.30. The molecule has 2 heteroatoms. The molecule has 1 aromatic heterocycles. The van der Waals surface area contributed by atoms with Crippen LogP contribution in [0.3, 0.4) is 0 Å². The fourth-order valence-electron chi connectivity index (χ4n) is 8.89. The van der Waals surface area contributed by atoms with Crippen LogP contribution in [-0.4, -0.2) is 0 Å². The lowest BCUT2D eigenvalue weighted by molar-refractivity contribution is 0.445. The molecule has 0 saturated heterocycles. The van der Waals surface area contributed by atoms with Crippen LogP contribution in [0.4, 0.5) is 17.1 Å². The molecule has 1 heterocycles. The molecule has 8 aromatic carbocycles. The third kappa shape index (κ3) is 5.76. The van der Waals surface area contributed by atoms with Crippen molar-refractivity contribution in [3.63, 3.8) is 0 Å². The van der Waals surface area contributed by atoms with E-state index in [2.05, 4.69) is 181 Å². The molecule has 1 saturated carbocycles. The van der Waals surface area contributed by atoms with E-state index >= 15 is 0 Å². The summed E-state index contributed by atoms with van der Waals surface area (Å²) in [6.07, 6.45) is 6.47.